The van der Waals surface area contributed by atoms with E-state index in [1.807, 2.05) is 212 Å². The molecule has 1 aliphatic rings. The summed E-state index contributed by atoms with van der Waals surface area (Å²) in [5.41, 5.74) is 6.41. The van der Waals surface area contributed by atoms with Gasteiger partial charge in [0.25, 0.3) is 0 Å². The highest BCUT2D eigenvalue weighted by Crippen LogP contribution is 2.42. The second kappa shape index (κ2) is 27.4. The second-order valence-electron chi connectivity index (χ2n) is 19.8. The third kappa shape index (κ3) is 14.3. The molecule has 1 fully saturated rings. The third-order valence-corrected chi connectivity index (χ3v) is 13.9. The Morgan fingerprint density at radius 2 is 0.854 bits per heavy atom. The summed E-state index contributed by atoms with van der Waals surface area (Å²) in [4.78, 5) is 14.8. The number of fused-ring (bicyclic) bond motifs is 1. The van der Waals surface area contributed by atoms with Crippen LogP contribution in [0.1, 0.15) is 38.9 Å². The van der Waals surface area contributed by atoms with Gasteiger partial charge in [0.05, 0.1) is 33.0 Å². The van der Waals surface area contributed by atoms with Crippen LogP contribution < -0.4 is 24.4 Å². The molecule has 12 heteroatoms. The Morgan fingerprint density at radius 3 is 1.37 bits per heavy atom. The molecule has 9 aromatic carbocycles. The van der Waals surface area contributed by atoms with E-state index in [2.05, 4.69) is 0 Å². The first-order chi connectivity index (χ1) is 40.5. The summed E-state index contributed by atoms with van der Waals surface area (Å²) in [6.07, 6.45) is -4.28. The largest absolute Gasteiger partial charge is 0.507 e. The number of phenols is 1. The Kier molecular flexibility index (Phi) is 18.4. The van der Waals surface area contributed by atoms with Crippen LogP contribution in [0.3, 0.4) is 0 Å². The minimum atomic E-state index is -1.14. The van der Waals surface area contributed by atoms with Gasteiger partial charge in [0.1, 0.15) is 66.7 Å². The van der Waals surface area contributed by atoms with E-state index >= 15 is 0 Å². The smallest absolute Gasteiger partial charge is 0.239 e. The molecular weight excluding hydrogens is 1030 g/mol. The van der Waals surface area contributed by atoms with Crippen LogP contribution in [-0.2, 0) is 69.9 Å². The Bertz CT molecular complexity index is 3630. The van der Waals surface area contributed by atoms with Gasteiger partial charge >= 0.3 is 0 Å². The van der Waals surface area contributed by atoms with Gasteiger partial charge in [-0.15, -0.1) is 0 Å². The fourth-order valence-corrected chi connectivity index (χ4v) is 9.69. The van der Waals surface area contributed by atoms with E-state index in [0.29, 0.717) is 17.9 Å². The summed E-state index contributed by atoms with van der Waals surface area (Å²) in [7, 11) is 0. The molecule has 0 bridgehead atoms. The fraction of sp³-hybridized carbons (Fsp3) is 0.186. The highest BCUT2D eigenvalue weighted by molar-refractivity contribution is 5.88. The zero-order chi connectivity index (χ0) is 55.7. The van der Waals surface area contributed by atoms with Crippen LogP contribution in [0.4, 0.5) is 0 Å². The SMILES string of the molecule is O=c1c(OCc2ccccc2)[13c](-c2ccc(O[C@@H]3O[C@H](COCc4ccccc4)[C@@H](OCc4ccccc4)[C@H](OCc4ccccc4)[C@H]3OCc3ccccc3)c(OCc3ccccc3)c2)oc2cc(OCc3ccccc3)cc(O)c12. The molecule has 414 valence electrons. The zero-order valence-corrected chi connectivity index (χ0v) is 45.1. The maximum Gasteiger partial charge on any atom is 0.239 e. The average Bonchev–Trinajstić information content (AvgIpc) is 3.54. The molecule has 12 nitrogen and oxygen atoms in total. The molecule has 0 amide bonds. The van der Waals surface area contributed by atoms with E-state index < -0.39 is 36.1 Å². The van der Waals surface area contributed by atoms with Gasteiger partial charge in [0.2, 0.25) is 17.5 Å². The van der Waals surface area contributed by atoms with Crippen LogP contribution in [0.5, 0.6) is 28.7 Å². The number of rotatable bonds is 25. The number of ether oxygens (including phenoxy) is 9. The molecule has 11 rings (SSSR count). The summed E-state index contributed by atoms with van der Waals surface area (Å²) in [6.45, 7) is 1.51. The van der Waals surface area contributed by atoms with Crippen molar-refractivity contribution in [3.05, 3.63) is 292 Å². The maximum absolute atomic E-state index is 14.8. The lowest BCUT2D eigenvalue weighted by Crippen LogP contribution is -2.62. The van der Waals surface area contributed by atoms with E-state index in [0.717, 1.165) is 38.9 Å². The predicted molar refractivity (Wildman–Crippen MR) is 312 cm³/mol. The van der Waals surface area contributed by atoms with Crippen molar-refractivity contribution in [2.24, 2.45) is 0 Å². The molecule has 0 saturated carbocycles. The van der Waals surface area contributed by atoms with E-state index in [9.17, 15) is 9.90 Å². The molecule has 1 saturated heterocycles. The zero-order valence-electron chi connectivity index (χ0n) is 45.1. The molecular formula is C70H62O12. The van der Waals surface area contributed by atoms with Crippen LogP contribution in [0.2, 0.25) is 0 Å². The molecule has 2 heterocycles. The average molecular weight is 1100 g/mol. The Balaban J connectivity index is 1.00. The second-order valence-corrected chi connectivity index (χ2v) is 19.8. The summed E-state index contributed by atoms with van der Waals surface area (Å²) in [5, 5.41) is 11.4. The van der Waals surface area contributed by atoms with Crippen molar-refractivity contribution in [2.75, 3.05) is 6.61 Å². The Labute approximate surface area is 476 Å². The molecule has 0 unspecified atom stereocenters. The first-order valence-electron chi connectivity index (χ1n) is 27.4. The summed E-state index contributed by atoms with van der Waals surface area (Å²) >= 11 is 0. The van der Waals surface area contributed by atoms with E-state index in [-0.39, 0.29) is 86.0 Å². The van der Waals surface area contributed by atoms with E-state index in [1.165, 1.54) is 6.07 Å². The molecule has 1 aliphatic heterocycles. The van der Waals surface area contributed by atoms with Crippen molar-refractivity contribution in [3.8, 4) is 40.1 Å². The topological polar surface area (TPSA) is 134 Å². The van der Waals surface area contributed by atoms with Gasteiger partial charge in [-0.05, 0) is 57.1 Å². The molecule has 1 N–H and O–H groups in total. The van der Waals surface area contributed by atoms with Crippen molar-refractivity contribution < 1.29 is 52.2 Å². The quantitative estimate of drug-likeness (QED) is 0.0584. The van der Waals surface area contributed by atoms with Crippen molar-refractivity contribution in [2.45, 2.75) is 77.0 Å². The first-order valence-corrected chi connectivity index (χ1v) is 27.4. The number of hydrogen-bond acceptors (Lipinski definition) is 12. The molecule has 0 aliphatic carbocycles. The van der Waals surface area contributed by atoms with Crippen LogP contribution >= 0.6 is 0 Å². The molecule has 0 spiro atoms. The lowest BCUT2D eigenvalue weighted by molar-refractivity contribution is -0.310. The summed E-state index contributed by atoms with van der Waals surface area (Å²) in [5.74, 6) is 0.528. The summed E-state index contributed by atoms with van der Waals surface area (Å²) < 4.78 is 67.7. The highest BCUT2D eigenvalue weighted by atomic mass is 16.7. The van der Waals surface area contributed by atoms with E-state index in [4.69, 9.17) is 47.0 Å². The predicted octanol–water partition coefficient (Wildman–Crippen LogP) is 14.0. The third-order valence-electron chi connectivity index (χ3n) is 13.9. The maximum atomic E-state index is 14.8. The van der Waals surface area contributed by atoms with Gasteiger partial charge in [0.15, 0.2) is 17.3 Å². The number of phenolic OH excluding ortho intramolecular Hbond substituents is 1. The molecule has 1 aromatic heterocycles. The van der Waals surface area contributed by atoms with Crippen LogP contribution in [0.25, 0.3) is 22.3 Å². The minimum absolute atomic E-state index is 0.0326. The molecule has 82 heavy (non-hydrogen) atoms. The lowest BCUT2D eigenvalue weighted by atomic mass is 9.97. The first kappa shape index (κ1) is 54.9. The number of hydrogen-bond donors (Lipinski definition) is 1. The molecule has 0 radical (unpaired) electrons. The Hall–Kier alpha value is -9.01. The van der Waals surface area contributed by atoms with Gasteiger partial charge in [-0.3, -0.25) is 4.79 Å². The number of aromatic hydroxyl groups is 1. The van der Waals surface area contributed by atoms with Gasteiger partial charge in [0, 0.05) is 17.7 Å². The lowest BCUT2D eigenvalue weighted by Gasteiger charge is -2.45. The van der Waals surface area contributed by atoms with Gasteiger partial charge < -0.3 is 52.2 Å². The van der Waals surface area contributed by atoms with E-state index in [1.54, 1.807) is 24.3 Å². The minimum Gasteiger partial charge on any atom is -0.507 e. The van der Waals surface area contributed by atoms with Gasteiger partial charge in [-0.2, -0.15) is 0 Å². The van der Waals surface area contributed by atoms with Crippen molar-refractivity contribution in [1.82, 2.24) is 0 Å². The highest BCUT2D eigenvalue weighted by Gasteiger charge is 2.50. The Morgan fingerprint density at radius 1 is 0.415 bits per heavy atom. The van der Waals surface area contributed by atoms with Crippen molar-refractivity contribution in [3.63, 3.8) is 0 Å². The summed E-state index contributed by atoms with van der Waals surface area (Å²) in [6, 6.07) is 76.9. The normalized spacial score (nSPS) is 16.8. The standard InChI is InChI=1S/C70H62O12/c71-58-39-57(74-42-50-24-10-2-11-25-50)40-61-63(58)64(72)67(77-45-53-30-16-5-17-31-53)65(80-61)56-36-37-59(60(38-56)75-43-51-26-12-3-13-27-51)81-70-69(79-47-55-34-20-7-21-35-55)68(78-46-54-32-18-6-19-33-54)66(76-44-52-28-14-4-15-29-52)62(82-70)48-73-41-49-22-8-1-9-23-49/h1-40,62,66,68-71H,41-48H2/t62-,66-,68+,69-,70-/m1/s1/i65+1. The van der Waals surface area contributed by atoms with Crippen molar-refractivity contribution >= 4 is 11.0 Å². The molecule has 10 aromatic rings. The number of benzene rings is 9. The van der Waals surface area contributed by atoms with Crippen LogP contribution in [0.15, 0.2) is 252 Å². The van der Waals surface area contributed by atoms with Crippen LogP contribution in [-0.4, -0.2) is 42.4 Å². The van der Waals surface area contributed by atoms with Gasteiger partial charge in [-0.1, -0.05) is 212 Å². The van der Waals surface area contributed by atoms with Crippen LogP contribution in [0, 0.1) is 0 Å². The fourth-order valence-electron chi connectivity index (χ4n) is 9.69. The van der Waals surface area contributed by atoms with Gasteiger partial charge in [-0.25, -0.2) is 0 Å². The monoisotopic (exact) mass is 1100 g/mol. The molecule has 5 atom stereocenters. The van der Waals surface area contributed by atoms with Crippen molar-refractivity contribution in [1.29, 1.82) is 0 Å².